The lowest BCUT2D eigenvalue weighted by atomic mass is 10.2. The number of aliphatic imine (C=N–C) groups is 1. The molecule has 0 amide bonds. The Kier molecular flexibility index (Phi) is 3.98. The molecule has 0 aliphatic heterocycles. The molecule has 19 heavy (non-hydrogen) atoms. The fraction of sp³-hybridized carbons (Fsp3) is 0.0625. The standard InChI is InChI=1S/C16H15NO2/c1-3-12-4-7-14(8-5-12)17-11-13-6-9-15(19-2)10-16(13)18/h3-11,18H,1H2,2H3. The van der Waals surface area contributed by atoms with Crippen LogP contribution in [0.25, 0.3) is 6.08 Å². The molecule has 2 aromatic rings. The molecule has 0 spiro atoms. The molecule has 0 heterocycles. The van der Waals surface area contributed by atoms with Crippen LogP contribution < -0.4 is 4.74 Å². The summed E-state index contributed by atoms with van der Waals surface area (Å²) in [5.41, 5.74) is 2.51. The van der Waals surface area contributed by atoms with Gasteiger partial charge in [-0.15, -0.1) is 0 Å². The minimum Gasteiger partial charge on any atom is -0.507 e. The number of methoxy groups -OCH3 is 1. The third-order valence-electron chi connectivity index (χ3n) is 2.72. The molecule has 0 aliphatic carbocycles. The molecule has 0 saturated heterocycles. The van der Waals surface area contributed by atoms with Crippen LogP contribution in [0.3, 0.4) is 0 Å². The fourth-order valence-corrected chi connectivity index (χ4v) is 1.60. The molecular weight excluding hydrogens is 238 g/mol. The van der Waals surface area contributed by atoms with Gasteiger partial charge in [0.1, 0.15) is 11.5 Å². The lowest BCUT2D eigenvalue weighted by Gasteiger charge is -2.02. The van der Waals surface area contributed by atoms with Gasteiger partial charge in [0, 0.05) is 17.8 Å². The van der Waals surface area contributed by atoms with E-state index < -0.39 is 0 Å². The summed E-state index contributed by atoms with van der Waals surface area (Å²) in [6, 6.07) is 12.8. The van der Waals surface area contributed by atoms with E-state index in [1.54, 1.807) is 37.6 Å². The van der Waals surface area contributed by atoms with Crippen LogP contribution in [0.15, 0.2) is 54.0 Å². The predicted molar refractivity (Wildman–Crippen MR) is 78.4 cm³/mol. The number of phenolic OH excluding ortho intramolecular Hbond substituents is 1. The summed E-state index contributed by atoms with van der Waals surface area (Å²) in [6.45, 7) is 3.70. The zero-order valence-electron chi connectivity index (χ0n) is 10.7. The Labute approximate surface area is 112 Å². The van der Waals surface area contributed by atoms with Gasteiger partial charge >= 0.3 is 0 Å². The first-order valence-electron chi connectivity index (χ1n) is 5.86. The second-order valence-electron chi connectivity index (χ2n) is 3.98. The SMILES string of the molecule is C=Cc1ccc(N=Cc2ccc(OC)cc2O)cc1. The second-order valence-corrected chi connectivity index (χ2v) is 3.98. The number of aromatic hydroxyl groups is 1. The van der Waals surface area contributed by atoms with Crippen LogP contribution in [-0.2, 0) is 0 Å². The van der Waals surface area contributed by atoms with Crippen molar-refractivity contribution in [3.8, 4) is 11.5 Å². The average molecular weight is 253 g/mol. The minimum absolute atomic E-state index is 0.144. The van der Waals surface area contributed by atoms with Gasteiger partial charge in [0.25, 0.3) is 0 Å². The van der Waals surface area contributed by atoms with Crippen LogP contribution in [0, 0.1) is 0 Å². The molecule has 0 aromatic heterocycles. The molecule has 0 radical (unpaired) electrons. The first kappa shape index (κ1) is 12.9. The van der Waals surface area contributed by atoms with Crippen LogP contribution in [0.1, 0.15) is 11.1 Å². The summed E-state index contributed by atoms with van der Waals surface area (Å²) in [5, 5.41) is 9.80. The fourth-order valence-electron chi connectivity index (χ4n) is 1.60. The van der Waals surface area contributed by atoms with Crippen molar-refractivity contribution in [2.45, 2.75) is 0 Å². The topological polar surface area (TPSA) is 41.8 Å². The lowest BCUT2D eigenvalue weighted by molar-refractivity contribution is 0.407. The van der Waals surface area contributed by atoms with E-state index >= 15 is 0 Å². The van der Waals surface area contributed by atoms with Crippen LogP contribution >= 0.6 is 0 Å². The Bertz CT molecular complexity index is 601. The molecule has 2 aromatic carbocycles. The van der Waals surface area contributed by atoms with E-state index in [2.05, 4.69) is 11.6 Å². The summed E-state index contributed by atoms with van der Waals surface area (Å²) < 4.78 is 5.02. The third kappa shape index (κ3) is 3.22. The van der Waals surface area contributed by atoms with E-state index in [1.807, 2.05) is 24.3 Å². The highest BCUT2D eigenvalue weighted by Crippen LogP contribution is 2.22. The Morgan fingerprint density at radius 2 is 1.89 bits per heavy atom. The third-order valence-corrected chi connectivity index (χ3v) is 2.72. The molecule has 1 N–H and O–H groups in total. The Balaban J connectivity index is 2.19. The van der Waals surface area contributed by atoms with Crippen molar-refractivity contribution in [2.24, 2.45) is 4.99 Å². The van der Waals surface area contributed by atoms with Crippen molar-refractivity contribution < 1.29 is 9.84 Å². The Morgan fingerprint density at radius 1 is 1.16 bits per heavy atom. The maximum absolute atomic E-state index is 9.80. The summed E-state index contributed by atoms with van der Waals surface area (Å²) in [7, 11) is 1.56. The summed E-state index contributed by atoms with van der Waals surface area (Å²) in [6.07, 6.45) is 3.40. The van der Waals surface area contributed by atoms with E-state index in [4.69, 9.17) is 4.74 Å². The maximum Gasteiger partial charge on any atom is 0.128 e. The lowest BCUT2D eigenvalue weighted by Crippen LogP contribution is -1.86. The number of phenols is 1. The van der Waals surface area contributed by atoms with Crippen molar-refractivity contribution in [2.75, 3.05) is 7.11 Å². The summed E-state index contributed by atoms with van der Waals surface area (Å²) in [5.74, 6) is 0.760. The monoisotopic (exact) mass is 253 g/mol. The Morgan fingerprint density at radius 3 is 2.47 bits per heavy atom. The van der Waals surface area contributed by atoms with Gasteiger partial charge in [-0.2, -0.15) is 0 Å². The molecule has 3 heteroatoms. The molecule has 0 atom stereocenters. The van der Waals surface area contributed by atoms with Crippen molar-refractivity contribution >= 4 is 18.0 Å². The van der Waals surface area contributed by atoms with Crippen LogP contribution in [0.5, 0.6) is 11.5 Å². The average Bonchev–Trinajstić information content (AvgIpc) is 2.46. The Hall–Kier alpha value is -2.55. The summed E-state index contributed by atoms with van der Waals surface area (Å²) in [4.78, 5) is 4.31. The molecular formula is C16H15NO2. The van der Waals surface area contributed by atoms with E-state index in [0.717, 1.165) is 11.3 Å². The first-order chi connectivity index (χ1) is 9.22. The van der Waals surface area contributed by atoms with Crippen LogP contribution in [0.2, 0.25) is 0 Å². The van der Waals surface area contributed by atoms with Gasteiger partial charge in [-0.3, -0.25) is 4.99 Å². The number of rotatable bonds is 4. The van der Waals surface area contributed by atoms with Crippen LogP contribution in [-0.4, -0.2) is 18.4 Å². The second kappa shape index (κ2) is 5.87. The molecule has 3 nitrogen and oxygen atoms in total. The van der Waals surface area contributed by atoms with Crippen molar-refractivity contribution in [3.05, 3.63) is 60.2 Å². The van der Waals surface area contributed by atoms with Gasteiger partial charge in [-0.05, 0) is 29.8 Å². The number of hydrogen-bond donors (Lipinski definition) is 1. The normalized spacial score (nSPS) is 10.6. The van der Waals surface area contributed by atoms with Crippen molar-refractivity contribution in [1.82, 2.24) is 0 Å². The molecule has 0 aliphatic rings. The number of hydrogen-bond acceptors (Lipinski definition) is 3. The van der Waals surface area contributed by atoms with E-state index in [0.29, 0.717) is 11.3 Å². The van der Waals surface area contributed by atoms with Gasteiger partial charge in [0.15, 0.2) is 0 Å². The predicted octanol–water partition coefficient (Wildman–Crippen LogP) is 3.79. The smallest absolute Gasteiger partial charge is 0.128 e. The molecule has 0 saturated carbocycles. The minimum atomic E-state index is 0.144. The molecule has 0 fully saturated rings. The van der Waals surface area contributed by atoms with E-state index in [-0.39, 0.29) is 5.75 Å². The number of nitrogens with zero attached hydrogens (tertiary/aromatic N) is 1. The zero-order chi connectivity index (χ0) is 13.7. The highest BCUT2D eigenvalue weighted by molar-refractivity contribution is 5.85. The van der Waals surface area contributed by atoms with Crippen molar-refractivity contribution in [1.29, 1.82) is 0 Å². The van der Waals surface area contributed by atoms with Gasteiger partial charge in [0.05, 0.1) is 12.8 Å². The van der Waals surface area contributed by atoms with Gasteiger partial charge in [-0.1, -0.05) is 24.8 Å². The maximum atomic E-state index is 9.80. The molecule has 96 valence electrons. The van der Waals surface area contributed by atoms with E-state index in [1.165, 1.54) is 0 Å². The van der Waals surface area contributed by atoms with Gasteiger partial charge in [-0.25, -0.2) is 0 Å². The largest absolute Gasteiger partial charge is 0.507 e. The number of ether oxygens (including phenoxy) is 1. The highest BCUT2D eigenvalue weighted by Gasteiger charge is 2.00. The first-order valence-corrected chi connectivity index (χ1v) is 5.86. The van der Waals surface area contributed by atoms with Gasteiger partial charge in [0.2, 0.25) is 0 Å². The van der Waals surface area contributed by atoms with Crippen molar-refractivity contribution in [3.63, 3.8) is 0 Å². The molecule has 0 bridgehead atoms. The molecule has 2 rings (SSSR count). The molecule has 0 unspecified atom stereocenters. The quantitative estimate of drug-likeness (QED) is 0.842. The van der Waals surface area contributed by atoms with Crippen LogP contribution in [0.4, 0.5) is 5.69 Å². The summed E-state index contributed by atoms with van der Waals surface area (Å²) >= 11 is 0. The van der Waals surface area contributed by atoms with Gasteiger partial charge < -0.3 is 9.84 Å². The van der Waals surface area contributed by atoms with E-state index in [9.17, 15) is 5.11 Å². The zero-order valence-corrected chi connectivity index (χ0v) is 10.7. The number of benzene rings is 2. The highest BCUT2D eigenvalue weighted by atomic mass is 16.5.